The summed E-state index contributed by atoms with van der Waals surface area (Å²) in [6.45, 7) is 7.06. The van der Waals surface area contributed by atoms with E-state index < -0.39 is 0 Å². The van der Waals surface area contributed by atoms with Gasteiger partial charge in [-0.2, -0.15) is 5.10 Å². The molecule has 1 aromatic carbocycles. The topological polar surface area (TPSA) is 79.8 Å². The molecule has 0 aliphatic carbocycles. The Morgan fingerprint density at radius 3 is 2.96 bits per heavy atom. The molecule has 0 amide bonds. The summed E-state index contributed by atoms with van der Waals surface area (Å²) in [6, 6.07) is 8.13. The molecule has 7 nitrogen and oxygen atoms in total. The lowest BCUT2D eigenvalue weighted by molar-refractivity contribution is -0.0377. The number of rotatable bonds is 4. The molecule has 2 aromatic heterocycles. The summed E-state index contributed by atoms with van der Waals surface area (Å²) in [5.74, 6) is 2.47. The van der Waals surface area contributed by atoms with Crippen molar-refractivity contribution in [3.63, 3.8) is 0 Å². The van der Waals surface area contributed by atoms with Crippen LogP contribution in [-0.4, -0.2) is 49.7 Å². The molecule has 130 valence electrons. The molecule has 1 N–H and O–H groups in total. The molecule has 4 rings (SSSR count). The minimum Gasteiger partial charge on any atom is -0.367 e. The quantitative estimate of drug-likeness (QED) is 0.785. The monoisotopic (exact) mass is 338 g/mol. The predicted octanol–water partition coefficient (Wildman–Crippen LogP) is 2.19. The number of hydrogen-bond donors (Lipinski definition) is 1. The maximum absolute atomic E-state index is 5.86. The van der Waals surface area contributed by atoms with E-state index in [1.807, 2.05) is 25.1 Å². The van der Waals surface area contributed by atoms with Crippen molar-refractivity contribution in [3.8, 4) is 0 Å². The van der Waals surface area contributed by atoms with E-state index in [9.17, 15) is 0 Å². The van der Waals surface area contributed by atoms with Gasteiger partial charge in [0.15, 0.2) is 5.82 Å². The van der Waals surface area contributed by atoms with Crippen LogP contribution in [0.15, 0.2) is 24.3 Å². The minimum absolute atomic E-state index is 0.105. The number of aromatic nitrogens is 5. The molecule has 0 spiro atoms. The van der Waals surface area contributed by atoms with Crippen molar-refractivity contribution in [3.05, 3.63) is 47.4 Å². The van der Waals surface area contributed by atoms with Gasteiger partial charge in [0.05, 0.1) is 18.7 Å². The van der Waals surface area contributed by atoms with Crippen molar-refractivity contribution >= 4 is 10.9 Å². The van der Waals surface area contributed by atoms with Crippen molar-refractivity contribution < 1.29 is 4.74 Å². The molecule has 1 aliphatic heterocycles. The van der Waals surface area contributed by atoms with Crippen LogP contribution in [-0.2, 0) is 17.7 Å². The highest BCUT2D eigenvalue weighted by Crippen LogP contribution is 2.21. The first-order valence-corrected chi connectivity index (χ1v) is 8.70. The highest BCUT2D eigenvalue weighted by Gasteiger charge is 2.26. The number of fused-ring (bicyclic) bond motifs is 1. The van der Waals surface area contributed by atoms with E-state index in [1.165, 1.54) is 0 Å². The standard InChI is InChI=1S/C18H22N6O/c1-3-16-21-18(23-22-16)15-10-24(8-9-25-15)11-17-19-12(2)13-6-4-5-7-14(13)20-17/h4-7,15H,3,8-11H2,1-2H3,(H,21,22,23)/t15-/m0/s1. The summed E-state index contributed by atoms with van der Waals surface area (Å²) in [5.41, 5.74) is 2.02. The fourth-order valence-corrected chi connectivity index (χ4v) is 3.18. The van der Waals surface area contributed by atoms with E-state index in [0.29, 0.717) is 13.2 Å². The maximum atomic E-state index is 5.86. The Balaban J connectivity index is 1.50. The van der Waals surface area contributed by atoms with Gasteiger partial charge in [-0.1, -0.05) is 25.1 Å². The van der Waals surface area contributed by atoms with Gasteiger partial charge in [-0.3, -0.25) is 10.00 Å². The van der Waals surface area contributed by atoms with Crippen LogP contribution < -0.4 is 0 Å². The van der Waals surface area contributed by atoms with Crippen LogP contribution >= 0.6 is 0 Å². The third-order valence-electron chi connectivity index (χ3n) is 4.53. The van der Waals surface area contributed by atoms with Gasteiger partial charge in [0.25, 0.3) is 0 Å². The third-order valence-corrected chi connectivity index (χ3v) is 4.53. The Kier molecular flexibility index (Phi) is 4.42. The fraction of sp³-hybridized carbons (Fsp3) is 0.444. The molecule has 1 atom stereocenters. The van der Waals surface area contributed by atoms with E-state index in [1.54, 1.807) is 0 Å². The first-order chi connectivity index (χ1) is 12.2. The van der Waals surface area contributed by atoms with Gasteiger partial charge in [-0.25, -0.2) is 15.0 Å². The molecule has 1 fully saturated rings. The molecule has 0 saturated carbocycles. The van der Waals surface area contributed by atoms with E-state index in [2.05, 4.69) is 38.1 Å². The first kappa shape index (κ1) is 16.1. The average Bonchev–Trinajstić information content (AvgIpc) is 3.11. The molecule has 1 aliphatic rings. The molecule has 0 bridgehead atoms. The molecule has 0 radical (unpaired) electrons. The Bertz CT molecular complexity index is 877. The summed E-state index contributed by atoms with van der Waals surface area (Å²) in [5, 5.41) is 8.36. The van der Waals surface area contributed by atoms with E-state index in [-0.39, 0.29) is 6.10 Å². The molecule has 3 aromatic rings. The van der Waals surface area contributed by atoms with Crippen LogP contribution in [0.1, 0.15) is 36.2 Å². The second-order valence-corrected chi connectivity index (χ2v) is 6.33. The number of hydrogen-bond acceptors (Lipinski definition) is 6. The zero-order chi connectivity index (χ0) is 17.2. The minimum atomic E-state index is -0.105. The van der Waals surface area contributed by atoms with Crippen molar-refractivity contribution in [1.82, 2.24) is 30.0 Å². The first-order valence-electron chi connectivity index (χ1n) is 8.70. The lowest BCUT2D eigenvalue weighted by Crippen LogP contribution is -2.38. The summed E-state index contributed by atoms with van der Waals surface area (Å²) in [6.07, 6.45) is 0.736. The van der Waals surface area contributed by atoms with Crippen LogP contribution in [0, 0.1) is 6.92 Å². The van der Waals surface area contributed by atoms with Crippen molar-refractivity contribution in [2.75, 3.05) is 19.7 Å². The van der Waals surface area contributed by atoms with Crippen LogP contribution in [0.5, 0.6) is 0 Å². The van der Waals surface area contributed by atoms with Crippen LogP contribution in [0.4, 0.5) is 0 Å². The largest absolute Gasteiger partial charge is 0.367 e. The lowest BCUT2D eigenvalue weighted by Gasteiger charge is -2.31. The lowest BCUT2D eigenvalue weighted by atomic mass is 10.2. The van der Waals surface area contributed by atoms with Crippen LogP contribution in [0.2, 0.25) is 0 Å². The smallest absolute Gasteiger partial charge is 0.180 e. The van der Waals surface area contributed by atoms with E-state index in [4.69, 9.17) is 9.72 Å². The number of aromatic amines is 1. The molecular formula is C18H22N6O. The molecule has 7 heteroatoms. The zero-order valence-corrected chi connectivity index (χ0v) is 14.6. The van der Waals surface area contributed by atoms with Crippen LogP contribution in [0.25, 0.3) is 10.9 Å². The number of H-pyrrole nitrogens is 1. The Hall–Kier alpha value is -2.38. The van der Waals surface area contributed by atoms with Gasteiger partial charge in [-0.15, -0.1) is 0 Å². The van der Waals surface area contributed by atoms with E-state index in [0.717, 1.165) is 53.6 Å². The second-order valence-electron chi connectivity index (χ2n) is 6.33. The van der Waals surface area contributed by atoms with Gasteiger partial charge >= 0.3 is 0 Å². The number of aryl methyl sites for hydroxylation is 2. The van der Waals surface area contributed by atoms with Crippen molar-refractivity contribution in [2.24, 2.45) is 0 Å². The molecular weight excluding hydrogens is 316 g/mol. The average molecular weight is 338 g/mol. The Labute approximate surface area is 146 Å². The number of morpholine rings is 1. The third kappa shape index (κ3) is 3.38. The van der Waals surface area contributed by atoms with Gasteiger partial charge in [0, 0.05) is 30.6 Å². The summed E-state index contributed by atoms with van der Waals surface area (Å²) >= 11 is 0. The molecule has 3 heterocycles. The number of ether oxygens (including phenoxy) is 1. The number of nitrogens with zero attached hydrogens (tertiary/aromatic N) is 5. The highest BCUT2D eigenvalue weighted by molar-refractivity contribution is 5.80. The molecule has 25 heavy (non-hydrogen) atoms. The SMILES string of the molecule is CCc1nc([C@@H]2CN(Cc3nc(C)c4ccccc4n3)CCO2)n[nH]1. The Morgan fingerprint density at radius 1 is 1.24 bits per heavy atom. The van der Waals surface area contributed by atoms with Crippen molar-refractivity contribution in [1.29, 1.82) is 0 Å². The van der Waals surface area contributed by atoms with Gasteiger partial charge in [0.2, 0.25) is 0 Å². The van der Waals surface area contributed by atoms with Crippen LogP contribution in [0.3, 0.4) is 0 Å². The van der Waals surface area contributed by atoms with Gasteiger partial charge in [-0.05, 0) is 13.0 Å². The summed E-state index contributed by atoms with van der Waals surface area (Å²) in [4.78, 5) is 16.2. The molecule has 0 unspecified atom stereocenters. The number of benzene rings is 1. The number of nitrogens with one attached hydrogen (secondary N) is 1. The fourth-order valence-electron chi connectivity index (χ4n) is 3.18. The summed E-state index contributed by atoms with van der Waals surface area (Å²) in [7, 11) is 0. The second kappa shape index (κ2) is 6.85. The van der Waals surface area contributed by atoms with Crippen molar-refractivity contribution in [2.45, 2.75) is 32.9 Å². The predicted molar refractivity (Wildman–Crippen MR) is 94.0 cm³/mol. The maximum Gasteiger partial charge on any atom is 0.180 e. The van der Waals surface area contributed by atoms with Gasteiger partial charge in [0.1, 0.15) is 17.8 Å². The molecule has 1 saturated heterocycles. The van der Waals surface area contributed by atoms with Gasteiger partial charge < -0.3 is 4.74 Å². The summed E-state index contributed by atoms with van der Waals surface area (Å²) < 4.78 is 5.86. The zero-order valence-electron chi connectivity index (χ0n) is 14.6. The Morgan fingerprint density at radius 2 is 2.12 bits per heavy atom. The highest BCUT2D eigenvalue weighted by atomic mass is 16.5. The normalized spacial score (nSPS) is 18.7. The number of para-hydroxylation sites is 1. The van der Waals surface area contributed by atoms with E-state index >= 15 is 0 Å².